The van der Waals surface area contributed by atoms with E-state index in [0.717, 1.165) is 26.4 Å². The van der Waals surface area contributed by atoms with Crippen LogP contribution in [0.4, 0.5) is 0 Å². The monoisotopic (exact) mass is 576 g/mol. The van der Waals surface area contributed by atoms with Crippen LogP contribution in [0.3, 0.4) is 0 Å². The van der Waals surface area contributed by atoms with Crippen LogP contribution in [-0.4, -0.2) is 55.5 Å². The summed E-state index contributed by atoms with van der Waals surface area (Å²) in [6.45, 7) is 1.12. The van der Waals surface area contributed by atoms with Crippen molar-refractivity contribution in [2.24, 2.45) is 5.73 Å². The van der Waals surface area contributed by atoms with Crippen LogP contribution in [0.15, 0.2) is 94.3 Å². The van der Waals surface area contributed by atoms with E-state index in [2.05, 4.69) is 15.9 Å². The normalized spacial score (nSPS) is 14.6. The zero-order chi connectivity index (χ0) is 26.2. The number of fused-ring (bicyclic) bond motifs is 1. The van der Waals surface area contributed by atoms with E-state index in [-0.39, 0.29) is 29.7 Å². The van der Waals surface area contributed by atoms with Crippen LogP contribution in [0.25, 0.3) is 21.9 Å². The first kappa shape index (κ1) is 25.1. The molecule has 188 valence electrons. The van der Waals surface area contributed by atoms with Crippen LogP contribution in [0.1, 0.15) is 15.9 Å². The lowest BCUT2D eigenvalue weighted by Gasteiger charge is -2.34. The van der Waals surface area contributed by atoms with Crippen molar-refractivity contribution in [1.29, 1.82) is 5.41 Å². The van der Waals surface area contributed by atoms with Crippen molar-refractivity contribution >= 4 is 48.5 Å². The van der Waals surface area contributed by atoms with E-state index in [1.165, 1.54) is 4.31 Å². The summed E-state index contributed by atoms with van der Waals surface area (Å²) in [6, 6.07) is 25.5. The summed E-state index contributed by atoms with van der Waals surface area (Å²) in [5.74, 6) is -0.124. The summed E-state index contributed by atoms with van der Waals surface area (Å²) in [4.78, 5) is 15.0. The minimum atomic E-state index is -3.66. The van der Waals surface area contributed by atoms with Crippen LogP contribution in [0.5, 0.6) is 0 Å². The number of nitrogen functional groups attached to an aromatic ring is 1. The highest BCUT2D eigenvalue weighted by atomic mass is 79.9. The predicted octanol–water partition coefficient (Wildman–Crippen LogP) is 4.70. The molecule has 5 rings (SSSR count). The Labute approximate surface area is 224 Å². The van der Waals surface area contributed by atoms with Crippen molar-refractivity contribution in [2.75, 3.05) is 26.2 Å². The molecule has 0 unspecified atom stereocenters. The molecule has 3 N–H and O–H groups in total. The van der Waals surface area contributed by atoms with E-state index in [1.807, 2.05) is 54.6 Å². The molecule has 0 radical (unpaired) electrons. The molecule has 1 aliphatic heterocycles. The van der Waals surface area contributed by atoms with Crippen LogP contribution in [0.2, 0.25) is 0 Å². The van der Waals surface area contributed by atoms with Crippen LogP contribution in [-0.2, 0) is 10.0 Å². The number of amidine groups is 1. The van der Waals surface area contributed by atoms with Gasteiger partial charge in [-0.25, -0.2) is 8.42 Å². The molecular weight excluding hydrogens is 552 g/mol. The summed E-state index contributed by atoms with van der Waals surface area (Å²) in [6.07, 6.45) is 0. The number of carbonyl (C=O) groups is 1. The lowest BCUT2D eigenvalue weighted by atomic mass is 10.0. The Balaban J connectivity index is 1.26. The van der Waals surface area contributed by atoms with Gasteiger partial charge in [0.25, 0.3) is 5.91 Å². The SMILES string of the molecule is N=C(N)c1cccc(-c2ccc(C(=O)N3CCN(S(=O)(=O)c4ccc5cc(Br)ccc5c4)CC3)cc2)c1. The fraction of sp³-hybridized carbons (Fsp3) is 0.143. The number of hydrogen-bond donors (Lipinski definition) is 2. The van der Waals surface area contributed by atoms with Gasteiger partial charge in [0.15, 0.2) is 0 Å². The topological polar surface area (TPSA) is 108 Å². The highest BCUT2D eigenvalue weighted by Gasteiger charge is 2.30. The number of piperazine rings is 1. The number of halogens is 1. The molecule has 4 aromatic rings. The molecule has 0 aliphatic carbocycles. The van der Waals surface area contributed by atoms with Gasteiger partial charge in [-0.2, -0.15) is 4.31 Å². The van der Waals surface area contributed by atoms with E-state index in [9.17, 15) is 13.2 Å². The Hall–Kier alpha value is -3.53. The molecule has 0 atom stereocenters. The van der Waals surface area contributed by atoms with E-state index >= 15 is 0 Å². The Morgan fingerprint density at radius 1 is 0.784 bits per heavy atom. The molecule has 7 nitrogen and oxygen atoms in total. The number of hydrogen-bond acceptors (Lipinski definition) is 4. The Morgan fingerprint density at radius 3 is 2.16 bits per heavy atom. The third-order valence-electron chi connectivity index (χ3n) is 6.58. The van der Waals surface area contributed by atoms with E-state index in [1.54, 1.807) is 35.2 Å². The molecule has 4 aromatic carbocycles. The van der Waals surface area contributed by atoms with E-state index in [4.69, 9.17) is 11.1 Å². The molecule has 1 saturated heterocycles. The van der Waals surface area contributed by atoms with Crippen LogP contribution >= 0.6 is 15.9 Å². The minimum absolute atomic E-state index is 0.00340. The van der Waals surface area contributed by atoms with Crippen molar-refractivity contribution in [2.45, 2.75) is 4.90 Å². The summed E-state index contributed by atoms with van der Waals surface area (Å²) in [7, 11) is -3.66. The molecule has 0 aromatic heterocycles. The lowest BCUT2D eigenvalue weighted by Crippen LogP contribution is -2.50. The number of nitrogens with two attached hydrogens (primary N) is 1. The highest BCUT2D eigenvalue weighted by molar-refractivity contribution is 9.10. The average molecular weight is 578 g/mol. The average Bonchev–Trinajstić information content (AvgIpc) is 2.92. The Kier molecular flexibility index (Phi) is 6.85. The standard InChI is InChI=1S/C28H25BrN4O3S/c29-25-10-8-23-18-26(11-9-22(23)17-25)37(35,36)33-14-12-32(13-15-33)28(34)20-6-4-19(5-7-20)21-2-1-3-24(16-21)27(30)31/h1-11,16-18H,12-15H2,(H3,30,31). The number of benzene rings is 4. The third kappa shape index (κ3) is 5.16. The Bertz CT molecular complexity index is 1610. The summed E-state index contributed by atoms with van der Waals surface area (Å²) in [5, 5.41) is 9.44. The minimum Gasteiger partial charge on any atom is -0.384 e. The summed E-state index contributed by atoms with van der Waals surface area (Å²) in [5.41, 5.74) is 8.60. The van der Waals surface area contributed by atoms with Gasteiger partial charge in [-0.15, -0.1) is 0 Å². The molecule has 0 bridgehead atoms. The molecular formula is C28H25BrN4O3S. The van der Waals surface area contributed by atoms with Gasteiger partial charge in [-0.05, 0) is 64.4 Å². The largest absolute Gasteiger partial charge is 0.384 e. The summed E-state index contributed by atoms with van der Waals surface area (Å²) >= 11 is 3.44. The number of rotatable bonds is 5. The maximum atomic E-state index is 13.3. The van der Waals surface area contributed by atoms with Gasteiger partial charge >= 0.3 is 0 Å². The number of amides is 1. The summed E-state index contributed by atoms with van der Waals surface area (Å²) < 4.78 is 28.9. The second-order valence-electron chi connectivity index (χ2n) is 8.92. The van der Waals surface area contributed by atoms with Crippen molar-refractivity contribution in [3.63, 3.8) is 0 Å². The molecule has 37 heavy (non-hydrogen) atoms. The van der Waals surface area contributed by atoms with Crippen LogP contribution in [0, 0.1) is 5.41 Å². The number of nitrogens with one attached hydrogen (secondary N) is 1. The maximum Gasteiger partial charge on any atom is 0.253 e. The highest BCUT2D eigenvalue weighted by Crippen LogP contribution is 2.26. The van der Waals surface area contributed by atoms with E-state index in [0.29, 0.717) is 24.2 Å². The second-order valence-corrected chi connectivity index (χ2v) is 11.8. The first-order chi connectivity index (χ1) is 17.7. The van der Waals surface area contributed by atoms with Crippen molar-refractivity contribution in [3.05, 3.63) is 101 Å². The molecule has 0 saturated carbocycles. The molecule has 1 amide bonds. The lowest BCUT2D eigenvalue weighted by molar-refractivity contribution is 0.0698. The van der Waals surface area contributed by atoms with Gasteiger partial charge in [-0.3, -0.25) is 10.2 Å². The van der Waals surface area contributed by atoms with Gasteiger partial charge in [0.05, 0.1) is 4.90 Å². The predicted molar refractivity (Wildman–Crippen MR) is 149 cm³/mol. The van der Waals surface area contributed by atoms with E-state index < -0.39 is 10.0 Å². The molecule has 0 spiro atoms. The molecule has 9 heteroatoms. The second kappa shape index (κ2) is 10.1. The van der Waals surface area contributed by atoms with Crippen molar-refractivity contribution in [1.82, 2.24) is 9.21 Å². The first-order valence-corrected chi connectivity index (χ1v) is 14.0. The van der Waals surface area contributed by atoms with Crippen molar-refractivity contribution < 1.29 is 13.2 Å². The van der Waals surface area contributed by atoms with Gasteiger partial charge < -0.3 is 10.6 Å². The first-order valence-electron chi connectivity index (χ1n) is 11.8. The van der Waals surface area contributed by atoms with Gasteiger partial charge in [-0.1, -0.05) is 58.4 Å². The van der Waals surface area contributed by atoms with Crippen molar-refractivity contribution in [3.8, 4) is 11.1 Å². The van der Waals surface area contributed by atoms with Gasteiger partial charge in [0, 0.05) is 41.8 Å². The maximum absolute atomic E-state index is 13.3. The smallest absolute Gasteiger partial charge is 0.253 e. The van der Waals surface area contributed by atoms with Gasteiger partial charge in [0.1, 0.15) is 5.84 Å². The molecule has 1 heterocycles. The quantitative estimate of drug-likeness (QED) is 0.265. The fourth-order valence-electron chi connectivity index (χ4n) is 4.49. The molecule has 1 fully saturated rings. The zero-order valence-corrected chi connectivity index (χ0v) is 22.3. The third-order valence-corrected chi connectivity index (χ3v) is 8.96. The van der Waals surface area contributed by atoms with Crippen LogP contribution < -0.4 is 5.73 Å². The number of nitrogens with zero attached hydrogens (tertiary/aromatic N) is 2. The zero-order valence-electron chi connectivity index (χ0n) is 19.9. The number of carbonyl (C=O) groups excluding carboxylic acids is 1. The Morgan fingerprint density at radius 2 is 1.46 bits per heavy atom. The fourth-order valence-corrected chi connectivity index (χ4v) is 6.33. The number of sulfonamides is 1. The van der Waals surface area contributed by atoms with Gasteiger partial charge in [0.2, 0.25) is 10.0 Å². The molecule has 1 aliphatic rings.